The number of ether oxygens (including phenoxy) is 1. The lowest BCUT2D eigenvalue weighted by molar-refractivity contribution is 0.157. The molecule has 0 aromatic rings. The van der Waals surface area contributed by atoms with Gasteiger partial charge >= 0.3 is 0 Å². The van der Waals surface area contributed by atoms with Crippen LogP contribution in [-0.4, -0.2) is 32.6 Å². The Bertz CT molecular complexity index is 153. The van der Waals surface area contributed by atoms with Crippen molar-refractivity contribution >= 4 is 18.3 Å². The third-order valence-electron chi connectivity index (χ3n) is 1.37. The maximum absolute atomic E-state index is 5.44. The zero-order valence-electron chi connectivity index (χ0n) is 8.62. The first-order chi connectivity index (χ1) is 6.18. The molecule has 0 unspecified atom stereocenters. The van der Waals surface area contributed by atoms with Crippen molar-refractivity contribution < 1.29 is 13.8 Å². The van der Waals surface area contributed by atoms with Gasteiger partial charge in [0.05, 0.1) is 19.8 Å². The van der Waals surface area contributed by atoms with E-state index in [-0.39, 0.29) is 0 Å². The Balaban J connectivity index is 3.85. The molecule has 3 nitrogen and oxygen atoms in total. The molecule has 0 bridgehead atoms. The molecule has 0 atom stereocenters. The smallest absolute Gasteiger partial charge is 0.191 e. The first kappa shape index (κ1) is 13.5. The summed E-state index contributed by atoms with van der Waals surface area (Å²) in [6.45, 7) is 6.36. The van der Waals surface area contributed by atoms with E-state index >= 15 is 0 Å². The predicted molar refractivity (Wildman–Crippen MR) is 58.9 cm³/mol. The molecule has 0 spiro atoms. The SMILES string of the molecule is CCOCCP(=S)(OCC)OCC. The molecule has 0 N–H and O–H groups in total. The fourth-order valence-electron chi connectivity index (χ4n) is 0.880. The minimum Gasteiger partial charge on any atom is -0.381 e. The Morgan fingerprint density at radius 1 is 1.00 bits per heavy atom. The van der Waals surface area contributed by atoms with Gasteiger partial charge in [-0.05, 0) is 32.6 Å². The van der Waals surface area contributed by atoms with Crippen molar-refractivity contribution in [1.29, 1.82) is 0 Å². The molecule has 5 heteroatoms. The third-order valence-corrected chi connectivity index (χ3v) is 4.58. The van der Waals surface area contributed by atoms with Crippen molar-refractivity contribution in [2.24, 2.45) is 0 Å². The van der Waals surface area contributed by atoms with E-state index in [4.69, 9.17) is 25.6 Å². The molecule has 0 aliphatic heterocycles. The number of rotatable bonds is 8. The molecule has 0 amide bonds. The van der Waals surface area contributed by atoms with Gasteiger partial charge in [0.15, 0.2) is 6.49 Å². The second-order valence-corrected chi connectivity index (χ2v) is 6.22. The van der Waals surface area contributed by atoms with Crippen molar-refractivity contribution in [3.8, 4) is 0 Å². The highest BCUT2D eigenvalue weighted by molar-refractivity contribution is 8.09. The average Bonchev–Trinajstić information content (AvgIpc) is 2.05. The summed E-state index contributed by atoms with van der Waals surface area (Å²) in [4.78, 5) is 0. The Kier molecular flexibility index (Phi) is 8.21. The van der Waals surface area contributed by atoms with Crippen molar-refractivity contribution in [3.05, 3.63) is 0 Å². The molecule has 0 aliphatic rings. The zero-order chi connectivity index (χ0) is 10.2. The average molecular weight is 226 g/mol. The Morgan fingerprint density at radius 2 is 1.54 bits per heavy atom. The van der Waals surface area contributed by atoms with Gasteiger partial charge in [-0.2, -0.15) is 0 Å². The second kappa shape index (κ2) is 7.89. The van der Waals surface area contributed by atoms with Crippen LogP contribution in [0.4, 0.5) is 0 Å². The van der Waals surface area contributed by atoms with E-state index in [0.29, 0.717) is 32.6 Å². The van der Waals surface area contributed by atoms with Gasteiger partial charge in [-0.15, -0.1) is 0 Å². The molecule has 0 aromatic carbocycles. The van der Waals surface area contributed by atoms with Crippen LogP contribution >= 0.6 is 6.49 Å². The van der Waals surface area contributed by atoms with Crippen molar-refractivity contribution in [3.63, 3.8) is 0 Å². The highest BCUT2D eigenvalue weighted by atomic mass is 32.5. The fourth-order valence-corrected chi connectivity index (χ4v) is 3.21. The molecular formula is C8H19O3PS. The van der Waals surface area contributed by atoms with Gasteiger partial charge in [-0.25, -0.2) is 0 Å². The standard InChI is InChI=1S/C8H19O3PS/c1-4-9-7-8-12(13,10-5-2)11-6-3/h4-8H2,1-3H3. The van der Waals surface area contributed by atoms with Crippen LogP contribution < -0.4 is 0 Å². The van der Waals surface area contributed by atoms with Gasteiger partial charge in [0.1, 0.15) is 0 Å². The van der Waals surface area contributed by atoms with E-state index in [9.17, 15) is 0 Å². The minimum atomic E-state index is -2.04. The summed E-state index contributed by atoms with van der Waals surface area (Å²) in [5, 5.41) is 0. The van der Waals surface area contributed by atoms with E-state index < -0.39 is 6.49 Å². The van der Waals surface area contributed by atoms with Gasteiger partial charge in [0, 0.05) is 12.8 Å². The lowest BCUT2D eigenvalue weighted by Gasteiger charge is -2.20. The van der Waals surface area contributed by atoms with E-state index in [1.54, 1.807) is 0 Å². The Labute approximate surface area is 85.9 Å². The predicted octanol–water partition coefficient (Wildman–Crippen LogP) is 2.41. The molecule has 0 radical (unpaired) electrons. The van der Waals surface area contributed by atoms with Crippen LogP contribution in [0.25, 0.3) is 0 Å². The highest BCUT2D eigenvalue weighted by Gasteiger charge is 2.16. The van der Waals surface area contributed by atoms with Crippen molar-refractivity contribution in [2.45, 2.75) is 20.8 Å². The van der Waals surface area contributed by atoms with Crippen LogP contribution in [0.15, 0.2) is 0 Å². The normalized spacial score (nSPS) is 11.9. The van der Waals surface area contributed by atoms with Crippen LogP contribution in [0.2, 0.25) is 0 Å². The summed E-state index contributed by atoms with van der Waals surface area (Å²) in [5.74, 6) is 0. The maximum atomic E-state index is 5.44. The third kappa shape index (κ3) is 6.58. The molecule has 0 aromatic heterocycles. The first-order valence-electron chi connectivity index (χ1n) is 4.64. The highest BCUT2D eigenvalue weighted by Crippen LogP contribution is 2.47. The van der Waals surface area contributed by atoms with Crippen LogP contribution in [0.1, 0.15) is 20.8 Å². The van der Waals surface area contributed by atoms with Crippen molar-refractivity contribution in [1.82, 2.24) is 0 Å². The van der Waals surface area contributed by atoms with Gasteiger partial charge in [-0.3, -0.25) is 0 Å². The monoisotopic (exact) mass is 226 g/mol. The minimum absolute atomic E-state index is 0.614. The van der Waals surface area contributed by atoms with Crippen LogP contribution in [-0.2, 0) is 25.6 Å². The van der Waals surface area contributed by atoms with E-state index in [0.717, 1.165) is 0 Å². The quantitative estimate of drug-likeness (QED) is 0.469. The van der Waals surface area contributed by atoms with Gasteiger partial charge in [0.25, 0.3) is 0 Å². The molecule has 0 saturated carbocycles. The molecule has 0 saturated heterocycles. The van der Waals surface area contributed by atoms with E-state index in [1.165, 1.54) is 0 Å². The summed E-state index contributed by atoms with van der Waals surface area (Å²) >= 11 is 5.30. The second-order valence-electron chi connectivity index (χ2n) is 2.37. The lowest BCUT2D eigenvalue weighted by Crippen LogP contribution is -2.05. The van der Waals surface area contributed by atoms with E-state index in [1.807, 2.05) is 20.8 Å². The molecule has 0 fully saturated rings. The van der Waals surface area contributed by atoms with Gasteiger partial charge < -0.3 is 13.8 Å². The molecule has 13 heavy (non-hydrogen) atoms. The van der Waals surface area contributed by atoms with Gasteiger partial charge in [0.2, 0.25) is 0 Å². The fraction of sp³-hybridized carbons (Fsp3) is 1.00. The summed E-state index contributed by atoms with van der Waals surface area (Å²) in [5.41, 5.74) is 0. The van der Waals surface area contributed by atoms with Crippen molar-refractivity contribution in [2.75, 3.05) is 32.6 Å². The van der Waals surface area contributed by atoms with Gasteiger partial charge in [-0.1, -0.05) is 0 Å². The summed E-state index contributed by atoms with van der Waals surface area (Å²) < 4.78 is 16.1. The molecule has 0 heterocycles. The summed E-state index contributed by atoms with van der Waals surface area (Å²) in [6.07, 6.45) is 0.706. The maximum Gasteiger partial charge on any atom is 0.191 e. The molecular weight excluding hydrogens is 207 g/mol. The van der Waals surface area contributed by atoms with E-state index in [2.05, 4.69) is 0 Å². The Hall–Kier alpha value is 0.530. The molecule has 0 rings (SSSR count). The van der Waals surface area contributed by atoms with Crippen LogP contribution in [0.3, 0.4) is 0 Å². The Morgan fingerprint density at radius 3 is 1.92 bits per heavy atom. The first-order valence-corrected chi connectivity index (χ1v) is 7.46. The topological polar surface area (TPSA) is 27.7 Å². The largest absolute Gasteiger partial charge is 0.381 e. The number of hydrogen-bond donors (Lipinski definition) is 0. The number of hydrogen-bond acceptors (Lipinski definition) is 4. The lowest BCUT2D eigenvalue weighted by atomic mass is 10.8. The van der Waals surface area contributed by atoms with Crippen LogP contribution in [0, 0.1) is 0 Å². The van der Waals surface area contributed by atoms with Crippen LogP contribution in [0.5, 0.6) is 0 Å². The zero-order valence-corrected chi connectivity index (χ0v) is 10.3. The molecule has 0 aliphatic carbocycles. The molecule has 80 valence electrons. The summed E-state index contributed by atoms with van der Waals surface area (Å²) in [6, 6.07) is 0. The summed E-state index contributed by atoms with van der Waals surface area (Å²) in [7, 11) is 0.